The minimum atomic E-state index is -0.157. The van der Waals surface area contributed by atoms with Gasteiger partial charge in [-0.3, -0.25) is 4.90 Å². The van der Waals surface area contributed by atoms with Crippen LogP contribution < -0.4 is 4.90 Å². The Morgan fingerprint density at radius 1 is 1.20 bits per heavy atom. The summed E-state index contributed by atoms with van der Waals surface area (Å²) in [5, 5.41) is 0. The van der Waals surface area contributed by atoms with Gasteiger partial charge in [-0.15, -0.1) is 0 Å². The summed E-state index contributed by atoms with van der Waals surface area (Å²) < 4.78 is 5.44. The molecule has 2 heterocycles. The summed E-state index contributed by atoms with van der Waals surface area (Å²) in [7, 11) is 0. The summed E-state index contributed by atoms with van der Waals surface area (Å²) in [5.41, 5.74) is 1.82. The van der Waals surface area contributed by atoms with Crippen LogP contribution in [0.25, 0.3) is 0 Å². The summed E-state index contributed by atoms with van der Waals surface area (Å²) in [6, 6.07) is 7.73. The molecule has 0 spiro atoms. The molecule has 0 amide bonds. The van der Waals surface area contributed by atoms with E-state index in [0.29, 0.717) is 0 Å². The van der Waals surface area contributed by atoms with Gasteiger partial charge in [-0.1, -0.05) is 12.1 Å². The number of fused-ring (bicyclic) bond motifs is 1. The number of likely N-dealkylation sites (tertiary alicyclic amines) is 1. The van der Waals surface area contributed by atoms with Gasteiger partial charge in [-0.2, -0.15) is 0 Å². The molecule has 1 fully saturated rings. The van der Waals surface area contributed by atoms with E-state index in [4.69, 9.17) is 4.74 Å². The standard InChI is InChI=1S/C12H13NO2/c14-12-10-6-2-1-5-9(10)11(15-12)13-7-3-4-8-13/h1-2,5-6,11H,3-4,7-8H2/p+1. The van der Waals surface area contributed by atoms with Crippen LogP contribution in [0.4, 0.5) is 0 Å². The second kappa shape index (κ2) is 3.35. The van der Waals surface area contributed by atoms with Crippen molar-refractivity contribution in [3.8, 4) is 0 Å². The zero-order chi connectivity index (χ0) is 10.3. The normalized spacial score (nSPS) is 25.3. The average molecular weight is 204 g/mol. The molecule has 3 heteroatoms. The van der Waals surface area contributed by atoms with Crippen LogP contribution in [0.5, 0.6) is 0 Å². The van der Waals surface area contributed by atoms with Crippen LogP contribution in [0.3, 0.4) is 0 Å². The largest absolute Gasteiger partial charge is 0.404 e. The molecule has 2 aliphatic rings. The van der Waals surface area contributed by atoms with E-state index in [9.17, 15) is 4.79 Å². The molecule has 2 aliphatic heterocycles. The summed E-state index contributed by atoms with van der Waals surface area (Å²) in [5.74, 6) is -0.157. The van der Waals surface area contributed by atoms with Crippen LogP contribution in [0.15, 0.2) is 24.3 Å². The van der Waals surface area contributed by atoms with Gasteiger partial charge in [-0.25, -0.2) is 4.79 Å². The number of esters is 1. The van der Waals surface area contributed by atoms with Crippen molar-refractivity contribution < 1.29 is 14.4 Å². The number of hydrogen-bond donors (Lipinski definition) is 1. The van der Waals surface area contributed by atoms with Crippen LogP contribution in [0.2, 0.25) is 0 Å². The van der Waals surface area contributed by atoms with Crippen LogP contribution in [-0.4, -0.2) is 19.1 Å². The molecule has 78 valence electrons. The van der Waals surface area contributed by atoms with Crippen molar-refractivity contribution >= 4 is 5.97 Å². The maximum atomic E-state index is 11.6. The van der Waals surface area contributed by atoms with Gasteiger partial charge in [0.15, 0.2) is 0 Å². The Morgan fingerprint density at radius 3 is 2.73 bits per heavy atom. The second-order valence-corrected chi connectivity index (χ2v) is 4.24. The van der Waals surface area contributed by atoms with E-state index in [1.165, 1.54) is 17.7 Å². The van der Waals surface area contributed by atoms with E-state index in [1.54, 1.807) is 0 Å². The minimum Gasteiger partial charge on any atom is -0.404 e. The van der Waals surface area contributed by atoms with Crippen LogP contribution in [0.1, 0.15) is 35.0 Å². The number of hydrogen-bond acceptors (Lipinski definition) is 2. The van der Waals surface area contributed by atoms with Crippen LogP contribution in [-0.2, 0) is 4.74 Å². The van der Waals surface area contributed by atoms with Gasteiger partial charge in [-0.05, 0) is 12.1 Å². The number of carbonyl (C=O) groups excluding carboxylic acids is 1. The summed E-state index contributed by atoms with van der Waals surface area (Å²) >= 11 is 0. The van der Waals surface area contributed by atoms with E-state index < -0.39 is 0 Å². The molecular weight excluding hydrogens is 190 g/mol. The van der Waals surface area contributed by atoms with Crippen LogP contribution >= 0.6 is 0 Å². The molecule has 0 saturated carbocycles. The first-order valence-corrected chi connectivity index (χ1v) is 5.51. The molecule has 15 heavy (non-hydrogen) atoms. The first-order valence-electron chi connectivity index (χ1n) is 5.51. The quantitative estimate of drug-likeness (QED) is 0.677. The molecular formula is C12H14NO2+. The Kier molecular flexibility index (Phi) is 1.99. The Labute approximate surface area is 88.6 Å². The van der Waals surface area contributed by atoms with Crippen LogP contribution in [0, 0.1) is 0 Å². The number of cyclic esters (lactones) is 1. The van der Waals surface area contributed by atoms with Crippen molar-refractivity contribution in [2.24, 2.45) is 0 Å². The SMILES string of the molecule is O=C1OC([NH+]2CCCC2)c2ccccc21. The second-order valence-electron chi connectivity index (χ2n) is 4.24. The molecule has 3 rings (SSSR count). The summed E-state index contributed by atoms with van der Waals surface area (Å²) in [4.78, 5) is 13.0. The van der Waals surface area contributed by atoms with E-state index in [-0.39, 0.29) is 12.2 Å². The first-order chi connectivity index (χ1) is 7.36. The number of quaternary nitrogens is 1. The molecule has 1 aromatic carbocycles. The lowest BCUT2D eigenvalue weighted by Gasteiger charge is -2.19. The van der Waals surface area contributed by atoms with Crippen molar-refractivity contribution in [2.75, 3.05) is 13.1 Å². The Hall–Kier alpha value is -1.35. The lowest BCUT2D eigenvalue weighted by atomic mass is 10.1. The zero-order valence-corrected chi connectivity index (χ0v) is 8.53. The molecule has 0 bridgehead atoms. The van der Waals surface area contributed by atoms with E-state index in [0.717, 1.165) is 24.2 Å². The molecule has 0 aliphatic carbocycles. The number of rotatable bonds is 1. The number of nitrogens with one attached hydrogen (secondary N) is 1. The fourth-order valence-electron chi connectivity index (χ4n) is 2.54. The molecule has 0 radical (unpaired) electrons. The number of benzene rings is 1. The molecule has 1 unspecified atom stereocenters. The number of carbonyl (C=O) groups is 1. The third-order valence-corrected chi connectivity index (χ3v) is 3.30. The van der Waals surface area contributed by atoms with Gasteiger partial charge in [0.2, 0.25) is 0 Å². The molecule has 3 nitrogen and oxygen atoms in total. The minimum absolute atomic E-state index is 0.0452. The third kappa shape index (κ3) is 1.35. The Balaban J connectivity index is 1.97. The molecule has 0 aromatic heterocycles. The third-order valence-electron chi connectivity index (χ3n) is 3.30. The Morgan fingerprint density at radius 2 is 1.93 bits per heavy atom. The summed E-state index contributed by atoms with van der Waals surface area (Å²) in [6.45, 7) is 2.23. The molecule has 1 aromatic rings. The van der Waals surface area contributed by atoms with Gasteiger partial charge in [0.05, 0.1) is 24.2 Å². The zero-order valence-electron chi connectivity index (χ0n) is 8.53. The average Bonchev–Trinajstić information content (AvgIpc) is 2.87. The maximum Gasteiger partial charge on any atom is 0.343 e. The van der Waals surface area contributed by atoms with E-state index in [2.05, 4.69) is 0 Å². The fourth-order valence-corrected chi connectivity index (χ4v) is 2.54. The molecule has 1 saturated heterocycles. The van der Waals surface area contributed by atoms with Gasteiger partial charge in [0.1, 0.15) is 0 Å². The highest BCUT2D eigenvalue weighted by atomic mass is 16.6. The highest BCUT2D eigenvalue weighted by molar-refractivity contribution is 5.93. The van der Waals surface area contributed by atoms with Crippen molar-refractivity contribution in [3.05, 3.63) is 35.4 Å². The van der Waals surface area contributed by atoms with E-state index >= 15 is 0 Å². The van der Waals surface area contributed by atoms with Gasteiger partial charge < -0.3 is 4.74 Å². The van der Waals surface area contributed by atoms with Crippen molar-refractivity contribution in [1.82, 2.24) is 0 Å². The predicted molar refractivity (Wildman–Crippen MR) is 54.5 cm³/mol. The lowest BCUT2D eigenvalue weighted by Crippen LogP contribution is -3.10. The predicted octanol–water partition coefficient (Wildman–Crippen LogP) is 0.534. The fraction of sp³-hybridized carbons (Fsp3) is 0.417. The summed E-state index contributed by atoms with van der Waals surface area (Å²) in [6.07, 6.45) is 2.44. The lowest BCUT2D eigenvalue weighted by molar-refractivity contribution is -0.940. The Bertz CT molecular complexity index is 396. The van der Waals surface area contributed by atoms with E-state index in [1.807, 2.05) is 24.3 Å². The van der Waals surface area contributed by atoms with Crippen molar-refractivity contribution in [2.45, 2.75) is 19.1 Å². The molecule has 1 atom stereocenters. The molecule has 1 N–H and O–H groups in total. The van der Waals surface area contributed by atoms with Crippen molar-refractivity contribution in [3.63, 3.8) is 0 Å². The topological polar surface area (TPSA) is 30.7 Å². The number of ether oxygens (including phenoxy) is 1. The van der Waals surface area contributed by atoms with Gasteiger partial charge >= 0.3 is 5.97 Å². The highest BCUT2D eigenvalue weighted by Crippen LogP contribution is 2.26. The maximum absolute atomic E-state index is 11.6. The van der Waals surface area contributed by atoms with Gasteiger partial charge in [0.25, 0.3) is 6.23 Å². The first kappa shape index (κ1) is 8.92. The van der Waals surface area contributed by atoms with Gasteiger partial charge in [0, 0.05) is 12.8 Å². The highest BCUT2D eigenvalue weighted by Gasteiger charge is 2.38. The van der Waals surface area contributed by atoms with Crippen molar-refractivity contribution in [1.29, 1.82) is 0 Å². The smallest absolute Gasteiger partial charge is 0.343 e. The monoisotopic (exact) mass is 204 g/mol.